The average molecular weight is 262 g/mol. The third-order valence-corrected chi connectivity index (χ3v) is 2.89. The lowest BCUT2D eigenvalue weighted by atomic mass is 10.2. The third kappa shape index (κ3) is 3.11. The first-order chi connectivity index (χ1) is 7.43. The Balaban J connectivity index is 2.92. The molecule has 1 N–H and O–H groups in total. The summed E-state index contributed by atoms with van der Waals surface area (Å²) in [4.78, 5) is 13.3. The number of aliphatic hydroxyl groups is 1. The van der Waals surface area contributed by atoms with Gasteiger partial charge in [0.2, 0.25) is 0 Å². The fourth-order valence-corrected chi connectivity index (χ4v) is 1.74. The van der Waals surface area contributed by atoms with Gasteiger partial charge in [0.15, 0.2) is 0 Å². The van der Waals surface area contributed by atoms with E-state index in [0.29, 0.717) is 10.6 Å². The molecule has 1 aromatic rings. The summed E-state index contributed by atoms with van der Waals surface area (Å²) in [5.41, 5.74) is 0.345. The number of aliphatic hydroxyl groups excluding tert-OH is 1. The maximum absolute atomic E-state index is 11.9. The number of carbonyl (C=O) groups is 1. The van der Waals surface area contributed by atoms with Gasteiger partial charge in [-0.15, -0.1) is 0 Å². The first-order valence-electron chi connectivity index (χ1n) is 4.81. The highest BCUT2D eigenvalue weighted by Gasteiger charge is 2.17. The zero-order chi connectivity index (χ0) is 12.3. The molecule has 0 bridgehead atoms. The molecule has 0 saturated heterocycles. The van der Waals surface area contributed by atoms with Crippen LogP contribution in [0.5, 0.6) is 0 Å². The summed E-state index contributed by atoms with van der Waals surface area (Å²) in [5.74, 6) is -0.256. The number of hydrogen-bond donors (Lipinski definition) is 1. The maximum Gasteiger partial charge on any atom is 0.255 e. The second-order valence-electron chi connectivity index (χ2n) is 3.64. The average Bonchev–Trinajstić information content (AvgIpc) is 2.20. The van der Waals surface area contributed by atoms with Crippen molar-refractivity contribution in [3.8, 4) is 0 Å². The van der Waals surface area contributed by atoms with Crippen molar-refractivity contribution < 1.29 is 9.90 Å². The first-order valence-corrected chi connectivity index (χ1v) is 5.56. The second kappa shape index (κ2) is 5.53. The van der Waals surface area contributed by atoms with Crippen molar-refractivity contribution in [3.63, 3.8) is 0 Å². The van der Waals surface area contributed by atoms with Crippen LogP contribution in [0.2, 0.25) is 10.0 Å². The molecule has 1 rings (SSSR count). The molecular weight excluding hydrogens is 249 g/mol. The summed E-state index contributed by atoms with van der Waals surface area (Å²) in [5, 5.41) is 9.78. The summed E-state index contributed by atoms with van der Waals surface area (Å²) in [6.07, 6.45) is -0.577. The number of amides is 1. The monoisotopic (exact) mass is 261 g/mol. The molecule has 16 heavy (non-hydrogen) atoms. The minimum atomic E-state index is -0.577. The van der Waals surface area contributed by atoms with Crippen LogP contribution in [-0.2, 0) is 0 Å². The largest absolute Gasteiger partial charge is 0.392 e. The van der Waals surface area contributed by atoms with Gasteiger partial charge in [0, 0.05) is 13.6 Å². The Morgan fingerprint density at radius 2 is 2.12 bits per heavy atom. The van der Waals surface area contributed by atoms with E-state index in [9.17, 15) is 9.90 Å². The van der Waals surface area contributed by atoms with Gasteiger partial charge in [-0.05, 0) is 19.1 Å². The normalized spacial score (nSPS) is 12.3. The molecule has 0 fully saturated rings. The third-order valence-electron chi connectivity index (χ3n) is 2.07. The highest BCUT2D eigenvalue weighted by atomic mass is 35.5. The quantitative estimate of drug-likeness (QED) is 0.908. The van der Waals surface area contributed by atoms with Gasteiger partial charge in [0.05, 0.1) is 21.7 Å². The molecule has 0 saturated carbocycles. The number of hydrogen-bond acceptors (Lipinski definition) is 2. The van der Waals surface area contributed by atoms with Crippen molar-refractivity contribution in [3.05, 3.63) is 33.8 Å². The van der Waals surface area contributed by atoms with Gasteiger partial charge in [-0.2, -0.15) is 0 Å². The molecule has 0 aliphatic rings. The molecule has 1 unspecified atom stereocenters. The lowest BCUT2D eigenvalue weighted by Gasteiger charge is -2.19. The van der Waals surface area contributed by atoms with Crippen LogP contribution in [0.25, 0.3) is 0 Å². The molecule has 0 aliphatic carbocycles. The van der Waals surface area contributed by atoms with Crippen molar-refractivity contribution >= 4 is 29.1 Å². The fraction of sp³-hybridized carbons (Fsp3) is 0.364. The van der Waals surface area contributed by atoms with E-state index in [0.717, 1.165) is 0 Å². The second-order valence-corrected chi connectivity index (χ2v) is 4.42. The van der Waals surface area contributed by atoms with E-state index in [1.165, 1.54) is 4.90 Å². The predicted octanol–water partition coefficient (Wildman–Crippen LogP) is 2.45. The van der Waals surface area contributed by atoms with Crippen molar-refractivity contribution in [2.24, 2.45) is 0 Å². The molecule has 0 aromatic heterocycles. The Morgan fingerprint density at radius 1 is 1.50 bits per heavy atom. The van der Waals surface area contributed by atoms with Crippen LogP contribution >= 0.6 is 23.2 Å². The number of carbonyl (C=O) groups excluding carboxylic acids is 1. The van der Waals surface area contributed by atoms with Gasteiger partial charge < -0.3 is 10.0 Å². The molecule has 0 heterocycles. The summed E-state index contributed by atoms with van der Waals surface area (Å²) < 4.78 is 0. The predicted molar refractivity (Wildman–Crippen MR) is 65.1 cm³/mol. The summed E-state index contributed by atoms with van der Waals surface area (Å²) in [6.45, 7) is 1.87. The zero-order valence-corrected chi connectivity index (χ0v) is 10.6. The topological polar surface area (TPSA) is 40.5 Å². The SMILES string of the molecule is CC(O)CN(C)C(=O)c1cccc(Cl)c1Cl. The zero-order valence-electron chi connectivity index (χ0n) is 9.08. The van der Waals surface area contributed by atoms with Crippen LogP contribution in [0.3, 0.4) is 0 Å². The summed E-state index contributed by atoms with van der Waals surface area (Å²) in [7, 11) is 1.60. The molecule has 88 valence electrons. The Hall–Kier alpha value is -0.770. The van der Waals surface area contributed by atoms with Gasteiger partial charge in [-0.25, -0.2) is 0 Å². The Morgan fingerprint density at radius 3 is 2.69 bits per heavy atom. The first kappa shape index (κ1) is 13.3. The number of halogens is 2. The van der Waals surface area contributed by atoms with E-state index in [4.69, 9.17) is 23.2 Å². The van der Waals surface area contributed by atoms with E-state index in [2.05, 4.69) is 0 Å². The smallest absolute Gasteiger partial charge is 0.255 e. The van der Waals surface area contributed by atoms with E-state index < -0.39 is 6.10 Å². The Bertz CT molecular complexity index is 394. The van der Waals surface area contributed by atoms with Crippen LogP contribution in [0.4, 0.5) is 0 Å². The minimum Gasteiger partial charge on any atom is -0.392 e. The van der Waals surface area contributed by atoms with Crippen molar-refractivity contribution in [1.29, 1.82) is 0 Å². The molecule has 3 nitrogen and oxygen atoms in total. The number of likely N-dealkylation sites (N-methyl/N-ethyl adjacent to an activating group) is 1. The summed E-state index contributed by atoms with van der Waals surface area (Å²) >= 11 is 11.7. The summed E-state index contributed by atoms with van der Waals surface area (Å²) in [6, 6.07) is 4.89. The Kier molecular flexibility index (Phi) is 4.59. The van der Waals surface area contributed by atoms with E-state index in [1.54, 1.807) is 32.2 Å². The van der Waals surface area contributed by atoms with Crippen LogP contribution in [0.15, 0.2) is 18.2 Å². The van der Waals surface area contributed by atoms with E-state index >= 15 is 0 Å². The van der Waals surface area contributed by atoms with Gasteiger partial charge in [-0.3, -0.25) is 4.79 Å². The number of rotatable bonds is 3. The van der Waals surface area contributed by atoms with E-state index in [-0.39, 0.29) is 17.5 Å². The van der Waals surface area contributed by atoms with Gasteiger partial charge in [0.1, 0.15) is 0 Å². The molecule has 1 amide bonds. The highest BCUT2D eigenvalue weighted by molar-refractivity contribution is 6.43. The molecule has 0 spiro atoms. The molecule has 0 aliphatic heterocycles. The lowest BCUT2D eigenvalue weighted by Crippen LogP contribution is -2.33. The van der Waals surface area contributed by atoms with Gasteiger partial charge in [0.25, 0.3) is 5.91 Å². The minimum absolute atomic E-state index is 0.242. The molecule has 0 radical (unpaired) electrons. The number of nitrogens with zero attached hydrogens (tertiary/aromatic N) is 1. The Labute approximate surface area is 105 Å². The molecule has 1 atom stereocenters. The van der Waals surface area contributed by atoms with Crippen molar-refractivity contribution in [2.75, 3.05) is 13.6 Å². The number of benzene rings is 1. The molecule has 1 aromatic carbocycles. The van der Waals surface area contributed by atoms with Crippen LogP contribution in [-0.4, -0.2) is 35.6 Å². The van der Waals surface area contributed by atoms with Crippen molar-refractivity contribution in [2.45, 2.75) is 13.0 Å². The highest BCUT2D eigenvalue weighted by Crippen LogP contribution is 2.26. The van der Waals surface area contributed by atoms with Crippen LogP contribution < -0.4 is 0 Å². The van der Waals surface area contributed by atoms with E-state index in [1.807, 2.05) is 0 Å². The maximum atomic E-state index is 11.9. The van der Waals surface area contributed by atoms with Crippen LogP contribution in [0, 0.1) is 0 Å². The molecular formula is C11H13Cl2NO2. The fourth-order valence-electron chi connectivity index (χ4n) is 1.35. The van der Waals surface area contributed by atoms with Gasteiger partial charge >= 0.3 is 0 Å². The van der Waals surface area contributed by atoms with Crippen molar-refractivity contribution in [1.82, 2.24) is 4.90 Å². The van der Waals surface area contributed by atoms with Crippen LogP contribution in [0.1, 0.15) is 17.3 Å². The lowest BCUT2D eigenvalue weighted by molar-refractivity contribution is 0.0704. The standard InChI is InChI=1S/C11H13Cl2NO2/c1-7(15)6-14(2)11(16)8-4-3-5-9(12)10(8)13/h3-5,7,15H,6H2,1-2H3. The van der Waals surface area contributed by atoms with Gasteiger partial charge in [-0.1, -0.05) is 29.3 Å². The molecule has 5 heteroatoms.